The Hall–Kier alpha value is -0.220. The van der Waals surface area contributed by atoms with E-state index in [0.717, 1.165) is 12.2 Å². The van der Waals surface area contributed by atoms with Crippen molar-refractivity contribution < 1.29 is 9.53 Å². The van der Waals surface area contributed by atoms with Gasteiger partial charge in [-0.15, -0.1) is 0 Å². The largest absolute Gasteiger partial charge is 0.466 e. The van der Waals surface area contributed by atoms with E-state index in [1.165, 1.54) is 5.75 Å². The summed E-state index contributed by atoms with van der Waals surface area (Å²) < 4.78 is 5.14. The van der Waals surface area contributed by atoms with Crippen molar-refractivity contribution in [3.8, 4) is 0 Å². The summed E-state index contributed by atoms with van der Waals surface area (Å²) in [4.78, 5) is 14.1. The summed E-state index contributed by atoms with van der Waals surface area (Å²) in [5.74, 6) is 2.12. The van der Waals surface area contributed by atoms with Crippen molar-refractivity contribution in [3.05, 3.63) is 0 Å². The Balaban J connectivity index is 2.91. The van der Waals surface area contributed by atoms with Crippen molar-refractivity contribution in [1.29, 1.82) is 0 Å². The van der Waals surface area contributed by atoms with Gasteiger partial charge in [0.25, 0.3) is 0 Å². The van der Waals surface area contributed by atoms with E-state index in [1.54, 1.807) is 0 Å². The molecule has 0 bridgehead atoms. The van der Waals surface area contributed by atoms with E-state index < -0.39 is 0 Å². The summed E-state index contributed by atoms with van der Waals surface area (Å²) in [5.41, 5.74) is 0.0662. The van der Waals surface area contributed by atoms with Crippen LogP contribution in [0.4, 0.5) is 0 Å². The summed E-state index contributed by atoms with van der Waals surface area (Å²) in [6, 6.07) is 0. The standard InChI is InChI=1S/C13H25NO2S/c1-6-16-11(15)9-13(14(4)5)10-17-8-7-12(13,2)3/h6-10H2,1-5H3. The number of ether oxygens (including phenoxy) is 1. The molecule has 0 radical (unpaired) electrons. The van der Waals surface area contributed by atoms with Crippen LogP contribution in [0.15, 0.2) is 0 Å². The van der Waals surface area contributed by atoms with Crippen LogP contribution in [-0.4, -0.2) is 48.6 Å². The first-order valence-electron chi connectivity index (χ1n) is 6.26. The molecule has 1 aliphatic heterocycles. The molecule has 0 N–H and O–H groups in total. The Morgan fingerprint density at radius 3 is 2.53 bits per heavy atom. The van der Waals surface area contributed by atoms with E-state index in [1.807, 2.05) is 18.7 Å². The second kappa shape index (κ2) is 5.61. The molecule has 0 aromatic heterocycles. The quantitative estimate of drug-likeness (QED) is 0.725. The summed E-state index contributed by atoms with van der Waals surface area (Å²) >= 11 is 1.94. The van der Waals surface area contributed by atoms with Gasteiger partial charge in [-0.2, -0.15) is 11.8 Å². The second-order valence-corrected chi connectivity index (χ2v) is 6.70. The first kappa shape index (κ1) is 14.8. The second-order valence-electron chi connectivity index (χ2n) is 5.59. The predicted molar refractivity (Wildman–Crippen MR) is 73.4 cm³/mol. The molecular weight excluding hydrogens is 234 g/mol. The van der Waals surface area contributed by atoms with Crippen LogP contribution in [0.5, 0.6) is 0 Å². The molecule has 4 heteroatoms. The molecule has 17 heavy (non-hydrogen) atoms. The van der Waals surface area contributed by atoms with Crippen LogP contribution >= 0.6 is 11.8 Å². The van der Waals surface area contributed by atoms with Gasteiger partial charge >= 0.3 is 5.97 Å². The number of nitrogens with zero attached hydrogens (tertiary/aromatic N) is 1. The van der Waals surface area contributed by atoms with Gasteiger partial charge in [-0.05, 0) is 38.6 Å². The van der Waals surface area contributed by atoms with E-state index in [-0.39, 0.29) is 16.9 Å². The number of carbonyl (C=O) groups is 1. The van der Waals surface area contributed by atoms with E-state index in [0.29, 0.717) is 13.0 Å². The highest BCUT2D eigenvalue weighted by Gasteiger charge is 2.50. The highest BCUT2D eigenvalue weighted by atomic mass is 32.2. The lowest BCUT2D eigenvalue weighted by Crippen LogP contribution is -2.60. The highest BCUT2D eigenvalue weighted by Crippen LogP contribution is 2.47. The van der Waals surface area contributed by atoms with E-state index in [9.17, 15) is 4.79 Å². The monoisotopic (exact) mass is 259 g/mol. The van der Waals surface area contributed by atoms with Crippen molar-refractivity contribution in [3.63, 3.8) is 0 Å². The molecule has 0 aliphatic carbocycles. The maximum absolute atomic E-state index is 11.9. The molecule has 0 amide bonds. The van der Waals surface area contributed by atoms with Gasteiger partial charge in [0.1, 0.15) is 0 Å². The molecule has 1 heterocycles. The minimum atomic E-state index is -0.0812. The Kier molecular flexibility index (Phi) is 4.90. The zero-order chi connectivity index (χ0) is 13.1. The van der Waals surface area contributed by atoms with E-state index >= 15 is 0 Å². The summed E-state index contributed by atoms with van der Waals surface area (Å²) in [7, 11) is 4.15. The average Bonchev–Trinajstić information content (AvgIpc) is 2.21. The zero-order valence-electron chi connectivity index (χ0n) is 11.7. The fourth-order valence-electron chi connectivity index (χ4n) is 2.63. The summed E-state index contributed by atoms with van der Waals surface area (Å²) in [6.07, 6.45) is 1.64. The van der Waals surface area contributed by atoms with Gasteiger partial charge in [0, 0.05) is 11.3 Å². The van der Waals surface area contributed by atoms with Crippen molar-refractivity contribution >= 4 is 17.7 Å². The first-order valence-corrected chi connectivity index (χ1v) is 7.42. The molecule has 0 aromatic rings. The van der Waals surface area contributed by atoms with Gasteiger partial charge < -0.3 is 9.64 Å². The van der Waals surface area contributed by atoms with Crippen LogP contribution in [0.1, 0.15) is 33.6 Å². The minimum absolute atomic E-state index is 0.0724. The predicted octanol–water partition coefficient (Wildman–Crippen LogP) is 2.40. The third kappa shape index (κ3) is 2.97. The molecule has 0 saturated carbocycles. The van der Waals surface area contributed by atoms with Crippen LogP contribution in [-0.2, 0) is 9.53 Å². The van der Waals surface area contributed by atoms with Crippen LogP contribution < -0.4 is 0 Å². The third-order valence-electron chi connectivity index (χ3n) is 4.07. The average molecular weight is 259 g/mol. The maximum atomic E-state index is 11.9. The lowest BCUT2D eigenvalue weighted by Gasteiger charge is -2.53. The number of thioether (sulfide) groups is 1. The van der Waals surface area contributed by atoms with Crippen molar-refractivity contribution in [2.24, 2.45) is 5.41 Å². The Bertz CT molecular complexity index is 279. The molecule has 0 spiro atoms. The lowest BCUT2D eigenvalue weighted by atomic mass is 9.68. The highest BCUT2D eigenvalue weighted by molar-refractivity contribution is 7.99. The third-order valence-corrected chi connectivity index (χ3v) is 5.24. The minimum Gasteiger partial charge on any atom is -0.466 e. The summed E-state index contributed by atoms with van der Waals surface area (Å²) in [5, 5.41) is 0. The number of carbonyl (C=O) groups excluding carboxylic acids is 1. The SMILES string of the molecule is CCOC(=O)CC1(N(C)C)CSCCC1(C)C. The van der Waals surface area contributed by atoms with Crippen LogP contribution in [0.25, 0.3) is 0 Å². The van der Waals surface area contributed by atoms with Gasteiger partial charge in [0.2, 0.25) is 0 Å². The molecular formula is C13H25NO2S. The molecule has 100 valence electrons. The normalized spacial score (nSPS) is 28.1. The number of hydrogen-bond acceptors (Lipinski definition) is 4. The van der Waals surface area contributed by atoms with Crippen LogP contribution in [0.2, 0.25) is 0 Å². The zero-order valence-corrected chi connectivity index (χ0v) is 12.5. The number of rotatable bonds is 4. The van der Waals surface area contributed by atoms with Crippen molar-refractivity contribution in [2.75, 3.05) is 32.2 Å². The summed E-state index contributed by atoms with van der Waals surface area (Å²) in [6.45, 7) is 6.87. The number of hydrogen-bond donors (Lipinski definition) is 0. The molecule has 1 atom stereocenters. The molecule has 1 saturated heterocycles. The molecule has 1 rings (SSSR count). The topological polar surface area (TPSA) is 29.5 Å². The fraction of sp³-hybridized carbons (Fsp3) is 0.923. The molecule has 1 unspecified atom stereocenters. The van der Waals surface area contributed by atoms with E-state index in [2.05, 4.69) is 32.8 Å². The van der Waals surface area contributed by atoms with Crippen LogP contribution in [0.3, 0.4) is 0 Å². The Labute approximate surface area is 109 Å². The maximum Gasteiger partial charge on any atom is 0.307 e. The lowest BCUT2D eigenvalue weighted by molar-refractivity contribution is -0.148. The Morgan fingerprint density at radius 1 is 1.41 bits per heavy atom. The smallest absolute Gasteiger partial charge is 0.307 e. The Morgan fingerprint density at radius 2 is 2.06 bits per heavy atom. The number of esters is 1. The van der Waals surface area contributed by atoms with Crippen LogP contribution in [0, 0.1) is 5.41 Å². The molecule has 1 fully saturated rings. The van der Waals surface area contributed by atoms with Crippen molar-refractivity contribution in [1.82, 2.24) is 4.90 Å². The van der Waals surface area contributed by atoms with Gasteiger partial charge in [-0.1, -0.05) is 13.8 Å². The van der Waals surface area contributed by atoms with E-state index in [4.69, 9.17) is 4.74 Å². The van der Waals surface area contributed by atoms with Gasteiger partial charge in [0.05, 0.1) is 13.0 Å². The molecule has 3 nitrogen and oxygen atoms in total. The van der Waals surface area contributed by atoms with Crippen molar-refractivity contribution in [2.45, 2.75) is 39.2 Å². The van der Waals surface area contributed by atoms with Gasteiger partial charge in [-0.3, -0.25) is 4.79 Å². The molecule has 0 aromatic carbocycles. The van der Waals surface area contributed by atoms with Gasteiger partial charge in [-0.25, -0.2) is 0 Å². The first-order chi connectivity index (χ1) is 7.85. The van der Waals surface area contributed by atoms with Gasteiger partial charge in [0.15, 0.2) is 0 Å². The fourth-order valence-corrected chi connectivity index (χ4v) is 4.52. The molecule has 1 aliphatic rings.